The summed E-state index contributed by atoms with van der Waals surface area (Å²) in [5.41, 5.74) is 10.0. The summed E-state index contributed by atoms with van der Waals surface area (Å²) in [6.45, 7) is 0.764. The quantitative estimate of drug-likeness (QED) is 0.718. The lowest BCUT2D eigenvalue weighted by atomic mass is 9.99. The van der Waals surface area contributed by atoms with Gasteiger partial charge in [-0.25, -0.2) is 0 Å². The number of carbonyl (C=O) groups is 1. The Morgan fingerprint density at radius 2 is 1.96 bits per heavy atom. The Morgan fingerprint density at radius 1 is 1.16 bits per heavy atom. The molecule has 0 aromatic heterocycles. The summed E-state index contributed by atoms with van der Waals surface area (Å²) in [5.74, 6) is 0.450. The monoisotopic (exact) mass is 396 g/mol. The predicted octanol–water partition coefficient (Wildman–Crippen LogP) is 5.08. The molecule has 0 bridgehead atoms. The number of nitrogen functional groups attached to an aromatic ring is 1. The van der Waals surface area contributed by atoms with Crippen LogP contribution in [0.5, 0.6) is 0 Å². The smallest absolute Gasteiger partial charge is 0.230 e. The second kappa shape index (κ2) is 7.06. The molecule has 2 aromatic carbocycles. The zero-order chi connectivity index (χ0) is 16.8. The largest absolute Gasteiger partial charge is 0.398 e. The van der Waals surface area contributed by atoms with E-state index < -0.39 is 0 Å². The minimum absolute atomic E-state index is 0. The zero-order valence-electron chi connectivity index (χ0n) is 13.5. The molecule has 1 aliphatic heterocycles. The first-order chi connectivity index (χ1) is 11.6. The molecule has 0 radical (unpaired) electrons. The molecule has 4 rings (SSSR count). The van der Waals surface area contributed by atoms with Gasteiger partial charge in [0.1, 0.15) is 0 Å². The average Bonchev–Trinajstić information content (AvgIpc) is 3.37. The molecule has 1 saturated carbocycles. The van der Waals surface area contributed by atoms with E-state index in [1.807, 2.05) is 35.2 Å². The molecule has 2 N–H and O–H groups in total. The molecule has 25 heavy (non-hydrogen) atoms. The summed E-state index contributed by atoms with van der Waals surface area (Å²) in [4.78, 5) is 14.9. The van der Waals surface area contributed by atoms with E-state index in [1.165, 1.54) is 0 Å². The summed E-state index contributed by atoms with van der Waals surface area (Å²) in [5, 5.41) is 1.09. The van der Waals surface area contributed by atoms with Crippen molar-refractivity contribution in [1.29, 1.82) is 0 Å². The highest BCUT2D eigenvalue weighted by Gasteiger charge is 2.46. The SMILES string of the molecule is Cl.Nc1cccc2c1CCCN2C(=O)C1CC1c1ccc(Cl)c(Cl)c1. The molecular formula is C19H19Cl3N2O. The van der Waals surface area contributed by atoms with Gasteiger partial charge in [0.15, 0.2) is 0 Å². The second-order valence-electron chi connectivity index (χ2n) is 6.56. The van der Waals surface area contributed by atoms with Crippen LogP contribution in [0.25, 0.3) is 0 Å². The number of anilines is 2. The fourth-order valence-corrected chi connectivity index (χ4v) is 3.97. The van der Waals surface area contributed by atoms with Crippen LogP contribution < -0.4 is 10.6 Å². The van der Waals surface area contributed by atoms with E-state index in [-0.39, 0.29) is 30.2 Å². The van der Waals surface area contributed by atoms with Gasteiger partial charge in [0.05, 0.1) is 10.0 Å². The second-order valence-corrected chi connectivity index (χ2v) is 7.37. The lowest BCUT2D eigenvalue weighted by Gasteiger charge is -2.30. The van der Waals surface area contributed by atoms with Gasteiger partial charge >= 0.3 is 0 Å². The number of nitrogens with two attached hydrogens (primary N) is 1. The number of carbonyl (C=O) groups excluding carboxylic acids is 1. The van der Waals surface area contributed by atoms with Crippen LogP contribution in [0.2, 0.25) is 10.0 Å². The van der Waals surface area contributed by atoms with Crippen LogP contribution in [-0.4, -0.2) is 12.5 Å². The molecular weight excluding hydrogens is 379 g/mol. The molecule has 0 spiro atoms. The maximum Gasteiger partial charge on any atom is 0.230 e. The van der Waals surface area contributed by atoms with E-state index in [0.29, 0.717) is 10.0 Å². The Balaban J connectivity index is 0.00000182. The number of hydrogen-bond acceptors (Lipinski definition) is 2. The molecule has 132 valence electrons. The Hall–Kier alpha value is -1.42. The van der Waals surface area contributed by atoms with Crippen molar-refractivity contribution in [2.45, 2.75) is 25.2 Å². The molecule has 2 atom stereocenters. The highest BCUT2D eigenvalue weighted by Crippen LogP contribution is 2.50. The van der Waals surface area contributed by atoms with Gasteiger partial charge in [0.2, 0.25) is 5.91 Å². The zero-order valence-corrected chi connectivity index (χ0v) is 15.9. The molecule has 1 heterocycles. The van der Waals surface area contributed by atoms with Crippen molar-refractivity contribution in [3.63, 3.8) is 0 Å². The molecule has 3 nitrogen and oxygen atoms in total. The summed E-state index contributed by atoms with van der Waals surface area (Å²) in [6, 6.07) is 11.5. The van der Waals surface area contributed by atoms with Gasteiger partial charge in [-0.15, -0.1) is 12.4 Å². The molecule has 0 saturated heterocycles. The van der Waals surface area contributed by atoms with Crippen molar-refractivity contribution in [2.75, 3.05) is 17.2 Å². The lowest BCUT2D eigenvalue weighted by Crippen LogP contribution is -2.37. The van der Waals surface area contributed by atoms with Crippen LogP contribution in [0.15, 0.2) is 36.4 Å². The minimum Gasteiger partial charge on any atom is -0.398 e. The highest BCUT2D eigenvalue weighted by molar-refractivity contribution is 6.42. The first kappa shape index (κ1) is 18.4. The van der Waals surface area contributed by atoms with Crippen molar-refractivity contribution >= 4 is 52.9 Å². The number of nitrogens with zero attached hydrogens (tertiary/aromatic N) is 1. The van der Waals surface area contributed by atoms with Crippen molar-refractivity contribution in [3.05, 3.63) is 57.6 Å². The number of rotatable bonds is 2. The number of fused-ring (bicyclic) bond motifs is 1. The molecule has 1 aliphatic carbocycles. The van der Waals surface area contributed by atoms with Crippen molar-refractivity contribution in [1.82, 2.24) is 0 Å². The fourth-order valence-electron chi connectivity index (χ4n) is 3.66. The van der Waals surface area contributed by atoms with E-state index in [9.17, 15) is 4.79 Å². The Bertz CT molecular complexity index is 824. The number of hydrogen-bond donors (Lipinski definition) is 1. The summed E-state index contributed by atoms with van der Waals surface area (Å²) >= 11 is 12.1. The van der Waals surface area contributed by atoms with Crippen LogP contribution in [0.3, 0.4) is 0 Å². The fraction of sp³-hybridized carbons (Fsp3) is 0.316. The van der Waals surface area contributed by atoms with E-state index in [1.54, 1.807) is 6.07 Å². The molecule has 2 aliphatic rings. The maximum absolute atomic E-state index is 13.0. The van der Waals surface area contributed by atoms with Crippen LogP contribution in [0.4, 0.5) is 11.4 Å². The first-order valence-electron chi connectivity index (χ1n) is 8.20. The van der Waals surface area contributed by atoms with Crippen molar-refractivity contribution < 1.29 is 4.79 Å². The van der Waals surface area contributed by atoms with Gasteiger partial charge in [-0.3, -0.25) is 4.79 Å². The molecule has 2 aromatic rings. The van der Waals surface area contributed by atoms with Gasteiger partial charge < -0.3 is 10.6 Å². The van der Waals surface area contributed by atoms with E-state index in [4.69, 9.17) is 28.9 Å². The average molecular weight is 398 g/mol. The first-order valence-corrected chi connectivity index (χ1v) is 8.95. The van der Waals surface area contributed by atoms with Crippen molar-refractivity contribution in [2.24, 2.45) is 5.92 Å². The summed E-state index contributed by atoms with van der Waals surface area (Å²) in [7, 11) is 0. The highest BCUT2D eigenvalue weighted by atomic mass is 35.5. The topological polar surface area (TPSA) is 46.3 Å². The van der Waals surface area contributed by atoms with Crippen LogP contribution in [0.1, 0.15) is 29.9 Å². The van der Waals surface area contributed by atoms with Gasteiger partial charge in [0, 0.05) is 23.8 Å². The Labute approximate surface area is 163 Å². The summed E-state index contributed by atoms with van der Waals surface area (Å²) < 4.78 is 0. The van der Waals surface area contributed by atoms with Gasteiger partial charge in [-0.2, -0.15) is 0 Å². The number of halogens is 3. The van der Waals surface area contributed by atoms with Crippen LogP contribution >= 0.6 is 35.6 Å². The van der Waals surface area contributed by atoms with Crippen LogP contribution in [-0.2, 0) is 11.2 Å². The van der Waals surface area contributed by atoms with E-state index in [2.05, 4.69) is 0 Å². The normalized spacial score (nSPS) is 21.3. The maximum atomic E-state index is 13.0. The van der Waals surface area contributed by atoms with E-state index >= 15 is 0 Å². The molecule has 1 fully saturated rings. The third-order valence-electron chi connectivity index (χ3n) is 5.03. The lowest BCUT2D eigenvalue weighted by molar-refractivity contribution is -0.120. The molecule has 6 heteroatoms. The Morgan fingerprint density at radius 3 is 2.72 bits per heavy atom. The predicted molar refractivity (Wildman–Crippen MR) is 106 cm³/mol. The number of amides is 1. The van der Waals surface area contributed by atoms with Gasteiger partial charge in [-0.05, 0) is 60.6 Å². The standard InChI is InChI=1S/C19H18Cl2N2O.ClH/c20-15-7-6-11(9-16(15)21)13-10-14(13)19(24)23-8-2-3-12-17(22)4-1-5-18(12)23;/h1,4-7,9,13-14H,2-3,8,10,22H2;1H. The van der Waals surface area contributed by atoms with Crippen LogP contribution in [0, 0.1) is 5.92 Å². The minimum atomic E-state index is 0. The van der Waals surface area contributed by atoms with Crippen molar-refractivity contribution in [3.8, 4) is 0 Å². The molecule has 2 unspecified atom stereocenters. The van der Waals surface area contributed by atoms with Gasteiger partial charge in [-0.1, -0.05) is 35.3 Å². The summed E-state index contributed by atoms with van der Waals surface area (Å²) in [6.07, 6.45) is 2.76. The Kier molecular flexibility index (Phi) is 5.19. The third kappa shape index (κ3) is 3.33. The number of benzene rings is 2. The molecule has 1 amide bonds. The van der Waals surface area contributed by atoms with E-state index in [0.717, 1.165) is 48.3 Å². The van der Waals surface area contributed by atoms with Gasteiger partial charge in [0.25, 0.3) is 0 Å². The third-order valence-corrected chi connectivity index (χ3v) is 5.77.